The molecule has 0 amide bonds. The number of aliphatic carboxylic acids is 1. The Balaban J connectivity index is 0.00000101. The van der Waals surface area contributed by atoms with E-state index in [1.807, 2.05) is 19.9 Å². The summed E-state index contributed by atoms with van der Waals surface area (Å²) in [6, 6.07) is 6.36. The molecule has 3 rings (SSSR count). The van der Waals surface area contributed by atoms with Crippen LogP contribution < -0.4 is 0 Å². The topological polar surface area (TPSA) is 43.8 Å². The lowest BCUT2D eigenvalue weighted by Crippen LogP contribution is -2.55. The number of nitrogens with zero attached hydrogens (tertiary/aromatic N) is 2. The average molecular weight is 421 g/mol. The number of benzene rings is 1. The third-order valence-corrected chi connectivity index (χ3v) is 6.73. The van der Waals surface area contributed by atoms with E-state index in [4.69, 9.17) is 0 Å². The Morgan fingerprint density at radius 1 is 1.27 bits per heavy atom. The van der Waals surface area contributed by atoms with Gasteiger partial charge in [-0.15, -0.1) is 0 Å². The molecule has 5 heteroatoms. The third kappa shape index (κ3) is 5.61. The van der Waals surface area contributed by atoms with Crippen LogP contribution in [0, 0.1) is 17.7 Å². The van der Waals surface area contributed by atoms with Gasteiger partial charge in [0.1, 0.15) is 11.9 Å². The Hall–Kier alpha value is -1.46. The summed E-state index contributed by atoms with van der Waals surface area (Å²) in [4.78, 5) is 16.6. The van der Waals surface area contributed by atoms with Crippen LogP contribution in [-0.2, 0) is 4.79 Å². The van der Waals surface area contributed by atoms with E-state index in [9.17, 15) is 14.3 Å². The van der Waals surface area contributed by atoms with E-state index in [1.54, 1.807) is 12.1 Å². The molecule has 0 aliphatic carbocycles. The minimum absolute atomic E-state index is 0.0272. The van der Waals surface area contributed by atoms with E-state index in [-0.39, 0.29) is 23.2 Å². The number of hydrogen-bond donors (Lipinski definition) is 1. The highest BCUT2D eigenvalue weighted by molar-refractivity contribution is 5.74. The van der Waals surface area contributed by atoms with Gasteiger partial charge in [0.15, 0.2) is 0 Å². The average Bonchev–Trinajstić information content (AvgIpc) is 3.00. The molecule has 0 saturated carbocycles. The molecule has 170 valence electrons. The molecular weight excluding hydrogens is 379 g/mol. The molecule has 3 unspecified atom stereocenters. The van der Waals surface area contributed by atoms with Crippen molar-refractivity contribution in [2.75, 3.05) is 26.2 Å². The Morgan fingerprint density at radius 3 is 2.37 bits per heavy atom. The van der Waals surface area contributed by atoms with Crippen LogP contribution in [0.1, 0.15) is 72.3 Å². The maximum atomic E-state index is 14.0. The summed E-state index contributed by atoms with van der Waals surface area (Å²) in [7, 11) is 0. The molecule has 1 aromatic rings. The quantitative estimate of drug-likeness (QED) is 0.707. The van der Waals surface area contributed by atoms with E-state index in [0.717, 1.165) is 37.4 Å². The first-order valence-corrected chi connectivity index (χ1v) is 11.6. The van der Waals surface area contributed by atoms with E-state index in [2.05, 4.69) is 37.5 Å². The largest absolute Gasteiger partial charge is 0.480 e. The summed E-state index contributed by atoms with van der Waals surface area (Å²) in [5.74, 6) is -0.127. The molecule has 2 aliphatic rings. The van der Waals surface area contributed by atoms with Crippen molar-refractivity contribution < 1.29 is 14.3 Å². The maximum absolute atomic E-state index is 14.0. The molecule has 2 fully saturated rings. The predicted octanol–water partition coefficient (Wildman–Crippen LogP) is 5.24. The Morgan fingerprint density at radius 2 is 1.87 bits per heavy atom. The number of hydrogen-bond acceptors (Lipinski definition) is 3. The number of carboxylic acids is 1. The molecule has 2 saturated heterocycles. The summed E-state index contributed by atoms with van der Waals surface area (Å²) in [5.41, 5.74) is 0.794. The SMILES string of the molecule is CC1CCN(C2(C)CN(C(C(=O)O)C(C)C)CC2c2cccc(F)c2)CC1.CCC. The fourth-order valence-electron chi connectivity index (χ4n) is 5.12. The molecule has 0 radical (unpaired) electrons. The minimum Gasteiger partial charge on any atom is -0.480 e. The lowest BCUT2D eigenvalue weighted by Gasteiger charge is -2.46. The van der Waals surface area contributed by atoms with E-state index < -0.39 is 12.0 Å². The van der Waals surface area contributed by atoms with Crippen molar-refractivity contribution in [1.29, 1.82) is 0 Å². The lowest BCUT2D eigenvalue weighted by molar-refractivity contribution is -0.144. The van der Waals surface area contributed by atoms with Crippen molar-refractivity contribution in [3.05, 3.63) is 35.6 Å². The van der Waals surface area contributed by atoms with Gasteiger partial charge in [-0.25, -0.2) is 4.39 Å². The number of rotatable bonds is 5. The van der Waals surface area contributed by atoms with Crippen molar-refractivity contribution in [1.82, 2.24) is 9.80 Å². The highest BCUT2D eigenvalue weighted by atomic mass is 19.1. The standard InChI is InChI=1S/C22H33FN2O2.C3H8/c1-15(2)20(21(26)27)24-13-19(17-6-5-7-18(23)12-17)22(4,14-24)25-10-8-16(3)9-11-25;1-3-2/h5-7,12,15-16,19-20H,8-11,13-14H2,1-4H3,(H,26,27);3H2,1-2H3. The Bertz CT molecular complexity index is 687. The molecule has 3 atom stereocenters. The summed E-state index contributed by atoms with van der Waals surface area (Å²) >= 11 is 0. The number of piperidine rings is 1. The van der Waals surface area contributed by atoms with Gasteiger partial charge in [0.05, 0.1) is 0 Å². The fourth-order valence-corrected chi connectivity index (χ4v) is 5.12. The maximum Gasteiger partial charge on any atom is 0.321 e. The molecule has 1 N–H and O–H groups in total. The monoisotopic (exact) mass is 420 g/mol. The normalized spacial score (nSPS) is 27.0. The number of carbonyl (C=O) groups is 1. The molecule has 2 aliphatic heterocycles. The minimum atomic E-state index is -0.764. The van der Waals surface area contributed by atoms with Crippen molar-refractivity contribution in [2.45, 2.75) is 78.3 Å². The molecule has 4 nitrogen and oxygen atoms in total. The first kappa shape index (κ1) is 24.8. The lowest BCUT2D eigenvalue weighted by atomic mass is 9.80. The first-order chi connectivity index (χ1) is 14.1. The van der Waals surface area contributed by atoms with Crippen LogP contribution in [0.15, 0.2) is 24.3 Å². The van der Waals surface area contributed by atoms with E-state index in [1.165, 1.54) is 12.5 Å². The van der Waals surface area contributed by atoms with Gasteiger partial charge in [0.25, 0.3) is 0 Å². The molecule has 0 spiro atoms. The molecule has 1 aromatic carbocycles. The summed E-state index contributed by atoms with van der Waals surface area (Å²) in [6.07, 6.45) is 3.58. The van der Waals surface area contributed by atoms with Crippen molar-refractivity contribution in [2.24, 2.45) is 11.8 Å². The van der Waals surface area contributed by atoms with Gasteiger partial charge < -0.3 is 5.11 Å². The summed E-state index contributed by atoms with van der Waals surface area (Å²) < 4.78 is 14.0. The van der Waals surface area contributed by atoms with Gasteiger partial charge >= 0.3 is 5.97 Å². The Kier molecular flexibility index (Phi) is 8.86. The number of likely N-dealkylation sites (tertiary alicyclic amines) is 2. The second kappa shape index (κ2) is 10.7. The number of carboxylic acid groups (broad SMARTS) is 1. The van der Waals surface area contributed by atoms with Gasteiger partial charge in [-0.3, -0.25) is 14.6 Å². The highest BCUT2D eigenvalue weighted by Crippen LogP contribution is 2.43. The van der Waals surface area contributed by atoms with E-state index in [0.29, 0.717) is 13.1 Å². The van der Waals surface area contributed by atoms with Crippen molar-refractivity contribution in [3.63, 3.8) is 0 Å². The van der Waals surface area contributed by atoms with Gasteiger partial charge in [-0.05, 0) is 62.4 Å². The second-order valence-electron chi connectivity index (χ2n) is 9.80. The predicted molar refractivity (Wildman–Crippen MR) is 121 cm³/mol. The fraction of sp³-hybridized carbons (Fsp3) is 0.720. The summed E-state index contributed by atoms with van der Waals surface area (Å²) in [5, 5.41) is 9.81. The van der Waals surface area contributed by atoms with E-state index >= 15 is 0 Å². The first-order valence-electron chi connectivity index (χ1n) is 11.6. The third-order valence-electron chi connectivity index (χ3n) is 6.73. The zero-order valence-electron chi connectivity index (χ0n) is 19.7. The Labute approximate surface area is 182 Å². The zero-order chi connectivity index (χ0) is 22.5. The molecular formula is C25H41FN2O2. The molecule has 2 heterocycles. The van der Waals surface area contributed by atoms with Crippen LogP contribution in [0.4, 0.5) is 4.39 Å². The van der Waals surface area contributed by atoms with Crippen LogP contribution >= 0.6 is 0 Å². The van der Waals surface area contributed by atoms with Crippen LogP contribution in [0.3, 0.4) is 0 Å². The van der Waals surface area contributed by atoms with Crippen molar-refractivity contribution in [3.8, 4) is 0 Å². The van der Waals surface area contributed by atoms with Crippen LogP contribution in [0.25, 0.3) is 0 Å². The van der Waals surface area contributed by atoms with Crippen LogP contribution in [-0.4, -0.2) is 58.6 Å². The smallest absolute Gasteiger partial charge is 0.321 e. The van der Waals surface area contributed by atoms with Gasteiger partial charge in [-0.1, -0.05) is 53.2 Å². The van der Waals surface area contributed by atoms with Gasteiger partial charge in [0, 0.05) is 24.5 Å². The summed E-state index contributed by atoms with van der Waals surface area (Å²) in [6.45, 7) is 16.1. The van der Waals surface area contributed by atoms with Crippen LogP contribution in [0.2, 0.25) is 0 Å². The highest BCUT2D eigenvalue weighted by Gasteiger charge is 2.51. The zero-order valence-corrected chi connectivity index (χ0v) is 19.7. The van der Waals surface area contributed by atoms with Gasteiger partial charge in [-0.2, -0.15) is 0 Å². The van der Waals surface area contributed by atoms with Crippen LogP contribution in [0.5, 0.6) is 0 Å². The molecule has 0 bridgehead atoms. The van der Waals surface area contributed by atoms with Gasteiger partial charge in [0.2, 0.25) is 0 Å². The molecule has 30 heavy (non-hydrogen) atoms. The number of halogens is 1. The second-order valence-corrected chi connectivity index (χ2v) is 9.80. The molecule has 0 aromatic heterocycles. The van der Waals surface area contributed by atoms with Crippen molar-refractivity contribution >= 4 is 5.97 Å².